The number of benzene rings is 7. The molecule has 216 valence electrons. The van der Waals surface area contributed by atoms with Gasteiger partial charge in [-0.3, -0.25) is 0 Å². The van der Waals surface area contributed by atoms with E-state index in [9.17, 15) is 0 Å². The van der Waals surface area contributed by atoms with Gasteiger partial charge in [0, 0.05) is 37.6 Å². The quantitative estimate of drug-likeness (QED) is 0.189. The predicted octanol–water partition coefficient (Wildman–Crippen LogP) is 13.0. The molecule has 46 heavy (non-hydrogen) atoms. The molecule has 0 saturated heterocycles. The first-order valence-corrected chi connectivity index (χ1v) is 16.5. The van der Waals surface area contributed by atoms with E-state index in [1.54, 1.807) is 0 Å². The van der Waals surface area contributed by atoms with Crippen molar-refractivity contribution in [1.29, 1.82) is 0 Å². The largest absolute Gasteiger partial charge is 0.311 e. The molecule has 0 fully saturated rings. The van der Waals surface area contributed by atoms with Crippen LogP contribution in [0.1, 0.15) is 0 Å². The molecule has 0 atom stereocenters. The van der Waals surface area contributed by atoms with Crippen LogP contribution >= 0.6 is 11.3 Å². The molecule has 8 aromatic rings. The maximum absolute atomic E-state index is 2.30. The van der Waals surface area contributed by atoms with Crippen LogP contribution in [0.25, 0.3) is 65.0 Å². The summed E-state index contributed by atoms with van der Waals surface area (Å²) in [5.74, 6) is 0. The Hall–Kier alpha value is -5.70. The first-order chi connectivity index (χ1) is 22.8. The Balaban J connectivity index is 1.11. The zero-order valence-electron chi connectivity index (χ0n) is 25.1. The molecule has 1 aliphatic rings. The summed E-state index contributed by atoms with van der Waals surface area (Å²) in [7, 11) is 0. The van der Waals surface area contributed by atoms with E-state index in [1.807, 2.05) is 11.3 Å². The molecule has 1 aliphatic carbocycles. The van der Waals surface area contributed by atoms with Crippen molar-refractivity contribution < 1.29 is 0 Å². The number of para-hydroxylation sites is 2. The van der Waals surface area contributed by atoms with Crippen LogP contribution in [-0.4, -0.2) is 0 Å². The van der Waals surface area contributed by atoms with Gasteiger partial charge in [-0.1, -0.05) is 133 Å². The number of rotatable bonds is 5. The number of hydrogen-bond donors (Lipinski definition) is 0. The van der Waals surface area contributed by atoms with Crippen LogP contribution in [0.4, 0.5) is 17.1 Å². The number of thiophene rings is 1. The molecule has 0 aliphatic heterocycles. The summed E-state index contributed by atoms with van der Waals surface area (Å²) >= 11 is 1.90. The van der Waals surface area contributed by atoms with Gasteiger partial charge in [-0.05, 0) is 87.0 Å². The molecule has 0 amide bonds. The van der Waals surface area contributed by atoms with Crippen LogP contribution in [0.2, 0.25) is 0 Å². The van der Waals surface area contributed by atoms with E-state index in [0.29, 0.717) is 0 Å². The second kappa shape index (κ2) is 11.0. The minimum atomic E-state index is 1.13. The number of anilines is 3. The molecule has 0 unspecified atom stereocenters. The standard InChI is InChI=1S/C44H29NS/c1-3-12-33(13-4-1)45(34-14-5-2-6-15-34)35-28-26-31(27-29-35)30-22-24-32(25-23-30)44-43-40-19-10-9-18-38(40)36-16-7-8-17-37(36)39-20-11-21-41(46-44)42(39)43/h1-29H. The molecule has 1 nitrogen and oxygen atoms in total. The minimum absolute atomic E-state index is 1.13. The Bertz CT molecular complexity index is 2290. The van der Waals surface area contributed by atoms with Crippen molar-refractivity contribution in [2.24, 2.45) is 0 Å². The Morgan fingerprint density at radius 3 is 1.37 bits per heavy atom. The summed E-state index contributed by atoms with van der Waals surface area (Å²) in [6.45, 7) is 0. The molecule has 1 aromatic heterocycles. The summed E-state index contributed by atoms with van der Waals surface area (Å²) in [5, 5.41) is 1.36. The fraction of sp³-hybridized carbons (Fsp3) is 0. The Morgan fingerprint density at radius 2 is 0.761 bits per heavy atom. The zero-order chi connectivity index (χ0) is 30.5. The molecule has 1 heterocycles. The molecular weight excluding hydrogens is 575 g/mol. The number of fused-ring (bicyclic) bond motifs is 5. The second-order valence-corrected chi connectivity index (χ2v) is 12.8. The van der Waals surface area contributed by atoms with Crippen LogP contribution < -0.4 is 4.90 Å². The second-order valence-electron chi connectivity index (χ2n) is 11.7. The van der Waals surface area contributed by atoms with Crippen LogP contribution in [0.5, 0.6) is 0 Å². The van der Waals surface area contributed by atoms with E-state index in [2.05, 4.69) is 181 Å². The predicted molar refractivity (Wildman–Crippen MR) is 197 cm³/mol. The molecule has 9 rings (SSSR count). The number of hydrogen-bond acceptors (Lipinski definition) is 2. The van der Waals surface area contributed by atoms with Gasteiger partial charge in [-0.15, -0.1) is 11.3 Å². The normalized spacial score (nSPS) is 11.5. The van der Waals surface area contributed by atoms with Gasteiger partial charge in [0.15, 0.2) is 0 Å². The topological polar surface area (TPSA) is 3.24 Å². The SMILES string of the molecule is c1ccc(N(c2ccccc2)c2ccc(-c3ccc(-c4sc5cccc6c5c4-c4ccccc4-c4ccccc4-6)cc3)cc2)cc1. The molecular formula is C44H29NS. The van der Waals surface area contributed by atoms with Gasteiger partial charge < -0.3 is 4.90 Å². The van der Waals surface area contributed by atoms with Crippen molar-refractivity contribution in [2.45, 2.75) is 0 Å². The highest BCUT2D eigenvalue weighted by Gasteiger charge is 2.25. The summed E-state index contributed by atoms with van der Waals surface area (Å²) in [4.78, 5) is 3.62. The Morgan fingerprint density at radius 1 is 0.326 bits per heavy atom. The lowest BCUT2D eigenvalue weighted by Gasteiger charge is -2.25. The number of nitrogens with zero attached hydrogens (tertiary/aromatic N) is 1. The summed E-state index contributed by atoms with van der Waals surface area (Å²) < 4.78 is 1.33. The third-order valence-corrected chi connectivity index (χ3v) is 10.3. The van der Waals surface area contributed by atoms with Crippen molar-refractivity contribution in [3.8, 4) is 54.9 Å². The Labute approximate surface area is 273 Å². The fourth-order valence-corrected chi connectivity index (χ4v) is 8.19. The lowest BCUT2D eigenvalue weighted by molar-refractivity contribution is 1.28. The van der Waals surface area contributed by atoms with E-state index >= 15 is 0 Å². The van der Waals surface area contributed by atoms with Gasteiger partial charge in [0.05, 0.1) is 0 Å². The first kappa shape index (κ1) is 26.7. The van der Waals surface area contributed by atoms with Crippen molar-refractivity contribution in [2.75, 3.05) is 4.90 Å². The maximum atomic E-state index is 2.30. The van der Waals surface area contributed by atoms with Crippen LogP contribution in [0, 0.1) is 0 Å². The van der Waals surface area contributed by atoms with E-state index < -0.39 is 0 Å². The van der Waals surface area contributed by atoms with Crippen molar-refractivity contribution in [1.82, 2.24) is 0 Å². The highest BCUT2D eigenvalue weighted by Crippen LogP contribution is 2.54. The van der Waals surface area contributed by atoms with Gasteiger partial charge in [-0.2, -0.15) is 0 Å². The van der Waals surface area contributed by atoms with Crippen molar-refractivity contribution >= 4 is 38.5 Å². The van der Waals surface area contributed by atoms with Gasteiger partial charge >= 0.3 is 0 Å². The third kappa shape index (κ3) is 4.38. The highest BCUT2D eigenvalue weighted by atomic mass is 32.1. The minimum Gasteiger partial charge on any atom is -0.311 e. The zero-order valence-corrected chi connectivity index (χ0v) is 25.9. The average molecular weight is 604 g/mol. The molecule has 0 spiro atoms. The molecule has 0 saturated carbocycles. The highest BCUT2D eigenvalue weighted by molar-refractivity contribution is 7.23. The summed E-state index contributed by atoms with van der Waals surface area (Å²) in [6, 6.07) is 63.7. The fourth-order valence-electron chi connectivity index (χ4n) is 6.94. The lowest BCUT2D eigenvalue weighted by Crippen LogP contribution is -2.09. The van der Waals surface area contributed by atoms with Gasteiger partial charge in [0.25, 0.3) is 0 Å². The van der Waals surface area contributed by atoms with E-state index in [0.717, 1.165) is 17.1 Å². The average Bonchev–Trinajstić information content (AvgIpc) is 3.47. The van der Waals surface area contributed by atoms with Gasteiger partial charge in [0.2, 0.25) is 0 Å². The first-order valence-electron chi connectivity index (χ1n) is 15.7. The molecule has 0 bridgehead atoms. The monoisotopic (exact) mass is 603 g/mol. The Kier molecular flexibility index (Phi) is 6.40. The van der Waals surface area contributed by atoms with Crippen molar-refractivity contribution in [3.63, 3.8) is 0 Å². The van der Waals surface area contributed by atoms with Crippen LogP contribution in [0.3, 0.4) is 0 Å². The molecule has 7 aromatic carbocycles. The summed E-state index contributed by atoms with van der Waals surface area (Å²) in [6.07, 6.45) is 0. The van der Waals surface area contributed by atoms with Crippen LogP contribution in [0.15, 0.2) is 176 Å². The smallest absolute Gasteiger partial charge is 0.0462 e. The molecule has 0 radical (unpaired) electrons. The van der Waals surface area contributed by atoms with Gasteiger partial charge in [0.1, 0.15) is 0 Å². The van der Waals surface area contributed by atoms with E-state index in [1.165, 1.54) is 65.0 Å². The maximum Gasteiger partial charge on any atom is 0.0462 e. The van der Waals surface area contributed by atoms with Crippen LogP contribution in [-0.2, 0) is 0 Å². The lowest BCUT2D eigenvalue weighted by atomic mass is 9.93. The molecule has 2 heteroatoms. The van der Waals surface area contributed by atoms with Gasteiger partial charge in [-0.25, -0.2) is 0 Å². The van der Waals surface area contributed by atoms with E-state index in [-0.39, 0.29) is 0 Å². The van der Waals surface area contributed by atoms with E-state index in [4.69, 9.17) is 0 Å². The third-order valence-electron chi connectivity index (χ3n) is 9.05. The van der Waals surface area contributed by atoms with Crippen molar-refractivity contribution in [3.05, 3.63) is 176 Å². The molecule has 0 N–H and O–H groups in total. The summed E-state index contributed by atoms with van der Waals surface area (Å²) in [5.41, 5.74) is 15.0.